The Labute approximate surface area is 121 Å². The summed E-state index contributed by atoms with van der Waals surface area (Å²) in [6, 6.07) is 3.91. The molecule has 1 aliphatic rings. The summed E-state index contributed by atoms with van der Waals surface area (Å²) in [6.07, 6.45) is 6.98. The lowest BCUT2D eigenvalue weighted by Gasteiger charge is -2.22. The molecule has 0 saturated heterocycles. The molecule has 1 aromatic rings. The molecule has 0 radical (unpaired) electrons. The molecule has 4 nitrogen and oxygen atoms in total. The molecule has 4 heteroatoms. The average molecular weight is 278 g/mol. The number of aryl methyl sites for hydroxylation is 1. The van der Waals surface area contributed by atoms with E-state index >= 15 is 0 Å². The normalized spacial score (nSPS) is 16.3. The van der Waals surface area contributed by atoms with E-state index in [0.29, 0.717) is 6.10 Å². The van der Waals surface area contributed by atoms with Gasteiger partial charge in [0.05, 0.1) is 25.5 Å². The quantitative estimate of drug-likeness (QED) is 0.779. The Bertz CT molecular complexity index is 403. The summed E-state index contributed by atoms with van der Waals surface area (Å²) >= 11 is 0. The molecule has 0 unspecified atom stereocenters. The Balaban J connectivity index is 1.64. The fraction of sp³-hybridized carbons (Fsp3) is 0.688. The monoisotopic (exact) mass is 278 g/mol. The topological polar surface area (TPSA) is 43.4 Å². The summed E-state index contributed by atoms with van der Waals surface area (Å²) in [7, 11) is 1.68. The average Bonchev–Trinajstić information content (AvgIpc) is 2.47. The lowest BCUT2D eigenvalue weighted by Crippen LogP contribution is -2.24. The van der Waals surface area contributed by atoms with Gasteiger partial charge in [0.1, 0.15) is 5.75 Å². The van der Waals surface area contributed by atoms with Crippen LogP contribution < -0.4 is 10.1 Å². The molecule has 1 fully saturated rings. The predicted molar refractivity (Wildman–Crippen MR) is 80.1 cm³/mol. The minimum atomic E-state index is 0.489. The summed E-state index contributed by atoms with van der Waals surface area (Å²) in [5.41, 5.74) is 2.00. The van der Waals surface area contributed by atoms with E-state index in [0.717, 1.165) is 36.8 Å². The van der Waals surface area contributed by atoms with Gasteiger partial charge in [-0.2, -0.15) is 0 Å². The van der Waals surface area contributed by atoms with Crippen LogP contribution in [0.4, 0.5) is 0 Å². The fourth-order valence-electron chi connectivity index (χ4n) is 2.66. The maximum atomic E-state index is 5.88. The van der Waals surface area contributed by atoms with Crippen LogP contribution in [-0.2, 0) is 11.3 Å². The number of hydrogen-bond acceptors (Lipinski definition) is 4. The summed E-state index contributed by atoms with van der Waals surface area (Å²) in [5, 5.41) is 3.38. The van der Waals surface area contributed by atoms with Gasteiger partial charge >= 0.3 is 0 Å². The molecule has 0 amide bonds. The predicted octanol–water partition coefficient (Wildman–Crippen LogP) is 2.84. The maximum Gasteiger partial charge on any atom is 0.122 e. The Morgan fingerprint density at radius 1 is 1.25 bits per heavy atom. The minimum absolute atomic E-state index is 0.489. The number of nitrogens with zero attached hydrogens (tertiary/aromatic N) is 1. The standard InChI is InChI=1S/C16H26N2O2/c1-13-10-16(19-2)11-14(18-13)12-17-8-9-20-15-6-4-3-5-7-15/h10-11,15,17H,3-9,12H2,1-2H3. The molecule has 0 atom stereocenters. The number of ether oxygens (including phenoxy) is 2. The largest absolute Gasteiger partial charge is 0.497 e. The molecular weight excluding hydrogens is 252 g/mol. The van der Waals surface area contributed by atoms with Gasteiger partial charge in [-0.3, -0.25) is 4.98 Å². The smallest absolute Gasteiger partial charge is 0.122 e. The first-order valence-corrected chi connectivity index (χ1v) is 7.62. The van der Waals surface area contributed by atoms with E-state index in [2.05, 4.69) is 10.3 Å². The van der Waals surface area contributed by atoms with Crippen molar-refractivity contribution in [2.24, 2.45) is 0 Å². The van der Waals surface area contributed by atoms with Gasteiger partial charge in [-0.1, -0.05) is 19.3 Å². The molecule has 112 valence electrons. The van der Waals surface area contributed by atoms with Crippen LogP contribution >= 0.6 is 0 Å². The van der Waals surface area contributed by atoms with Gasteiger partial charge in [-0.25, -0.2) is 0 Å². The molecule has 0 bridgehead atoms. The van der Waals surface area contributed by atoms with Crippen LogP contribution in [0.25, 0.3) is 0 Å². The maximum absolute atomic E-state index is 5.88. The van der Waals surface area contributed by atoms with E-state index in [9.17, 15) is 0 Å². The van der Waals surface area contributed by atoms with Crippen molar-refractivity contribution >= 4 is 0 Å². The highest BCUT2D eigenvalue weighted by Crippen LogP contribution is 2.19. The number of methoxy groups -OCH3 is 1. The van der Waals surface area contributed by atoms with Crippen molar-refractivity contribution in [3.05, 3.63) is 23.5 Å². The molecule has 2 rings (SSSR count). The van der Waals surface area contributed by atoms with Crippen LogP contribution in [0.5, 0.6) is 5.75 Å². The molecule has 1 aliphatic carbocycles. The van der Waals surface area contributed by atoms with Gasteiger partial charge in [0.15, 0.2) is 0 Å². The highest BCUT2D eigenvalue weighted by atomic mass is 16.5. The van der Waals surface area contributed by atoms with Crippen molar-refractivity contribution in [3.63, 3.8) is 0 Å². The molecule has 1 saturated carbocycles. The van der Waals surface area contributed by atoms with Crippen molar-refractivity contribution in [1.82, 2.24) is 10.3 Å². The van der Waals surface area contributed by atoms with E-state index in [1.165, 1.54) is 32.1 Å². The second-order valence-corrected chi connectivity index (χ2v) is 5.45. The number of aromatic nitrogens is 1. The van der Waals surface area contributed by atoms with Gasteiger partial charge in [-0.15, -0.1) is 0 Å². The van der Waals surface area contributed by atoms with E-state index in [1.807, 2.05) is 19.1 Å². The van der Waals surface area contributed by atoms with Crippen molar-refractivity contribution < 1.29 is 9.47 Å². The third-order valence-corrected chi connectivity index (χ3v) is 3.71. The Morgan fingerprint density at radius 2 is 2.05 bits per heavy atom. The highest BCUT2D eigenvalue weighted by Gasteiger charge is 2.12. The van der Waals surface area contributed by atoms with Crippen LogP contribution in [0.1, 0.15) is 43.5 Å². The summed E-state index contributed by atoms with van der Waals surface area (Å²) in [5.74, 6) is 0.868. The van der Waals surface area contributed by atoms with Crippen LogP contribution in [0.3, 0.4) is 0 Å². The van der Waals surface area contributed by atoms with E-state index in [4.69, 9.17) is 9.47 Å². The molecule has 1 heterocycles. The highest BCUT2D eigenvalue weighted by molar-refractivity contribution is 5.26. The van der Waals surface area contributed by atoms with Crippen LogP contribution in [-0.4, -0.2) is 31.3 Å². The zero-order valence-electron chi connectivity index (χ0n) is 12.7. The Morgan fingerprint density at radius 3 is 2.80 bits per heavy atom. The molecule has 0 aliphatic heterocycles. The number of nitrogens with one attached hydrogen (secondary N) is 1. The number of pyridine rings is 1. The van der Waals surface area contributed by atoms with Gasteiger partial charge in [0.2, 0.25) is 0 Å². The summed E-state index contributed by atoms with van der Waals surface area (Å²) in [6.45, 7) is 4.40. The van der Waals surface area contributed by atoms with Gasteiger partial charge < -0.3 is 14.8 Å². The van der Waals surface area contributed by atoms with Crippen molar-refractivity contribution in [2.75, 3.05) is 20.3 Å². The van der Waals surface area contributed by atoms with Crippen molar-refractivity contribution in [1.29, 1.82) is 0 Å². The van der Waals surface area contributed by atoms with Crippen LogP contribution in [0.2, 0.25) is 0 Å². The SMILES string of the molecule is COc1cc(C)nc(CNCCOC2CCCCC2)c1. The van der Waals surface area contributed by atoms with Crippen molar-refractivity contribution in [2.45, 2.75) is 51.7 Å². The first kappa shape index (κ1) is 15.3. The van der Waals surface area contributed by atoms with Crippen LogP contribution in [0, 0.1) is 6.92 Å². The van der Waals surface area contributed by atoms with Gasteiger partial charge in [0, 0.05) is 30.9 Å². The Kier molecular flexibility index (Phi) is 6.27. The van der Waals surface area contributed by atoms with E-state index in [1.54, 1.807) is 7.11 Å². The third kappa shape index (κ3) is 5.10. The van der Waals surface area contributed by atoms with Gasteiger partial charge in [0.25, 0.3) is 0 Å². The molecule has 20 heavy (non-hydrogen) atoms. The first-order valence-electron chi connectivity index (χ1n) is 7.62. The summed E-state index contributed by atoms with van der Waals surface area (Å²) in [4.78, 5) is 4.49. The molecular formula is C16H26N2O2. The molecule has 1 aromatic heterocycles. The molecule has 0 aromatic carbocycles. The zero-order chi connectivity index (χ0) is 14.2. The molecule has 1 N–H and O–H groups in total. The fourth-order valence-corrected chi connectivity index (χ4v) is 2.66. The van der Waals surface area contributed by atoms with Crippen molar-refractivity contribution in [3.8, 4) is 5.75 Å². The lowest BCUT2D eigenvalue weighted by molar-refractivity contribution is 0.0302. The van der Waals surface area contributed by atoms with E-state index in [-0.39, 0.29) is 0 Å². The number of hydrogen-bond donors (Lipinski definition) is 1. The van der Waals surface area contributed by atoms with E-state index < -0.39 is 0 Å². The summed E-state index contributed by atoms with van der Waals surface area (Å²) < 4.78 is 11.1. The zero-order valence-corrected chi connectivity index (χ0v) is 12.7. The van der Waals surface area contributed by atoms with Gasteiger partial charge in [-0.05, 0) is 19.8 Å². The Hall–Kier alpha value is -1.13. The second kappa shape index (κ2) is 8.22. The number of rotatable bonds is 7. The van der Waals surface area contributed by atoms with Crippen LogP contribution in [0.15, 0.2) is 12.1 Å². The second-order valence-electron chi connectivity index (χ2n) is 5.45. The minimum Gasteiger partial charge on any atom is -0.497 e. The molecule has 0 spiro atoms. The first-order chi connectivity index (χ1) is 9.78. The lowest BCUT2D eigenvalue weighted by atomic mass is 9.98. The third-order valence-electron chi connectivity index (χ3n) is 3.71.